The minimum Gasteiger partial charge on any atom is -0.307 e. The second-order valence-electron chi connectivity index (χ2n) is 5.02. The average molecular weight is 268 g/mol. The van der Waals surface area contributed by atoms with E-state index in [1.54, 1.807) is 26.2 Å². The number of sulfonamides is 1. The third kappa shape index (κ3) is 2.91. The van der Waals surface area contributed by atoms with Gasteiger partial charge in [-0.3, -0.25) is 0 Å². The van der Waals surface area contributed by atoms with Crippen LogP contribution in [0.4, 0.5) is 0 Å². The molecule has 18 heavy (non-hydrogen) atoms. The summed E-state index contributed by atoms with van der Waals surface area (Å²) >= 11 is 0. The van der Waals surface area contributed by atoms with Crippen LogP contribution in [0.1, 0.15) is 31.4 Å². The highest BCUT2D eigenvalue weighted by Gasteiger charge is 2.23. The highest BCUT2D eigenvalue weighted by Crippen LogP contribution is 2.24. The lowest BCUT2D eigenvalue weighted by Gasteiger charge is -2.15. The van der Waals surface area contributed by atoms with Crippen molar-refractivity contribution in [3.8, 4) is 0 Å². The van der Waals surface area contributed by atoms with Gasteiger partial charge in [0.2, 0.25) is 10.0 Å². The molecule has 0 aliphatic heterocycles. The van der Waals surface area contributed by atoms with Crippen molar-refractivity contribution in [1.29, 1.82) is 0 Å². The Labute approximate surface area is 109 Å². The largest absolute Gasteiger partial charge is 0.307 e. The zero-order valence-electron chi connectivity index (χ0n) is 11.1. The smallest absolute Gasteiger partial charge is 0.242 e. The molecule has 0 spiro atoms. The van der Waals surface area contributed by atoms with Gasteiger partial charge in [-0.2, -0.15) is 0 Å². The van der Waals surface area contributed by atoms with Crippen LogP contribution in [0.15, 0.2) is 29.2 Å². The van der Waals surface area contributed by atoms with E-state index in [1.165, 1.54) is 17.1 Å². The van der Waals surface area contributed by atoms with Gasteiger partial charge in [0.25, 0.3) is 0 Å². The summed E-state index contributed by atoms with van der Waals surface area (Å²) in [7, 11) is -0.233. The first-order valence-electron chi connectivity index (χ1n) is 6.20. The summed E-state index contributed by atoms with van der Waals surface area (Å²) in [5.41, 5.74) is 1.12. The molecular formula is C13H20N2O2S. The standard InChI is InChI=1S/C13H20N2O2S/c1-10(14-12-6-7-12)11-4-8-13(9-5-11)18(16,17)15(2)3/h4-5,8-10,12,14H,6-7H2,1-3H3. The van der Waals surface area contributed by atoms with Gasteiger partial charge in [-0.15, -0.1) is 0 Å². The van der Waals surface area contributed by atoms with E-state index in [0.29, 0.717) is 10.9 Å². The molecule has 1 fully saturated rings. The molecule has 1 N–H and O–H groups in total. The van der Waals surface area contributed by atoms with Gasteiger partial charge >= 0.3 is 0 Å². The summed E-state index contributed by atoms with van der Waals surface area (Å²) in [5.74, 6) is 0. The van der Waals surface area contributed by atoms with Crippen LogP contribution in [-0.2, 0) is 10.0 Å². The van der Waals surface area contributed by atoms with E-state index in [0.717, 1.165) is 5.56 Å². The van der Waals surface area contributed by atoms with Gasteiger partial charge in [-0.25, -0.2) is 12.7 Å². The Kier molecular flexibility index (Phi) is 3.75. The molecule has 100 valence electrons. The summed E-state index contributed by atoms with van der Waals surface area (Å²) in [6.45, 7) is 2.10. The van der Waals surface area contributed by atoms with E-state index in [-0.39, 0.29) is 6.04 Å². The van der Waals surface area contributed by atoms with E-state index < -0.39 is 10.0 Å². The van der Waals surface area contributed by atoms with E-state index in [4.69, 9.17) is 0 Å². The number of nitrogens with zero attached hydrogens (tertiary/aromatic N) is 1. The Morgan fingerprint density at radius 1 is 1.22 bits per heavy atom. The molecule has 1 unspecified atom stereocenters. The topological polar surface area (TPSA) is 49.4 Å². The maximum atomic E-state index is 11.9. The van der Waals surface area contributed by atoms with Crippen molar-refractivity contribution in [2.75, 3.05) is 14.1 Å². The van der Waals surface area contributed by atoms with Crippen molar-refractivity contribution in [2.24, 2.45) is 0 Å². The second-order valence-corrected chi connectivity index (χ2v) is 7.17. The lowest BCUT2D eigenvalue weighted by atomic mass is 10.1. The number of rotatable bonds is 5. The minimum atomic E-state index is -3.32. The van der Waals surface area contributed by atoms with E-state index in [1.807, 2.05) is 12.1 Å². The molecule has 0 aromatic heterocycles. The number of hydrogen-bond donors (Lipinski definition) is 1. The van der Waals surface area contributed by atoms with Crippen molar-refractivity contribution in [3.05, 3.63) is 29.8 Å². The summed E-state index contributed by atoms with van der Waals surface area (Å²) < 4.78 is 25.1. The van der Waals surface area contributed by atoms with Crippen LogP contribution in [0, 0.1) is 0 Å². The van der Waals surface area contributed by atoms with Gasteiger partial charge < -0.3 is 5.32 Å². The van der Waals surface area contributed by atoms with Gasteiger partial charge in [0, 0.05) is 26.2 Å². The second kappa shape index (κ2) is 4.99. The normalized spacial score (nSPS) is 18.0. The van der Waals surface area contributed by atoms with E-state index in [9.17, 15) is 8.42 Å². The third-order valence-electron chi connectivity index (χ3n) is 3.22. The summed E-state index contributed by atoms with van der Waals surface area (Å²) in [6, 6.07) is 8.04. The molecule has 1 atom stereocenters. The SMILES string of the molecule is CC(NC1CC1)c1ccc(S(=O)(=O)N(C)C)cc1. The molecule has 0 bridgehead atoms. The van der Waals surface area contributed by atoms with Crippen LogP contribution in [0.2, 0.25) is 0 Å². The molecule has 1 aromatic rings. The maximum Gasteiger partial charge on any atom is 0.242 e. The predicted molar refractivity (Wildman–Crippen MR) is 71.9 cm³/mol. The number of nitrogens with one attached hydrogen (secondary N) is 1. The fourth-order valence-electron chi connectivity index (χ4n) is 1.84. The minimum absolute atomic E-state index is 0.272. The first-order chi connectivity index (χ1) is 8.41. The van der Waals surface area contributed by atoms with Gasteiger partial charge in [0.05, 0.1) is 4.90 Å². The zero-order valence-corrected chi connectivity index (χ0v) is 11.9. The maximum absolute atomic E-state index is 11.9. The van der Waals surface area contributed by atoms with Gasteiger partial charge in [0.15, 0.2) is 0 Å². The summed E-state index contributed by atoms with van der Waals surface area (Å²) in [6.07, 6.45) is 2.49. The van der Waals surface area contributed by atoms with Crippen LogP contribution in [0.25, 0.3) is 0 Å². The Morgan fingerprint density at radius 2 is 1.78 bits per heavy atom. The number of benzene rings is 1. The third-order valence-corrected chi connectivity index (χ3v) is 5.05. The first-order valence-corrected chi connectivity index (χ1v) is 7.64. The van der Waals surface area contributed by atoms with Gasteiger partial charge in [-0.1, -0.05) is 12.1 Å². The molecule has 1 aliphatic rings. The monoisotopic (exact) mass is 268 g/mol. The predicted octanol–water partition coefficient (Wildman–Crippen LogP) is 1.75. The molecule has 0 saturated heterocycles. The molecule has 5 heteroatoms. The molecule has 0 amide bonds. The Bertz CT molecular complexity index is 504. The van der Waals surface area contributed by atoms with Crippen molar-refractivity contribution in [2.45, 2.75) is 36.7 Å². The first kappa shape index (κ1) is 13.5. The van der Waals surface area contributed by atoms with E-state index in [2.05, 4.69) is 12.2 Å². The Balaban J connectivity index is 2.14. The molecule has 2 rings (SSSR count). The van der Waals surface area contributed by atoms with Crippen molar-refractivity contribution in [1.82, 2.24) is 9.62 Å². The lowest BCUT2D eigenvalue weighted by molar-refractivity contribution is 0.520. The fourth-order valence-corrected chi connectivity index (χ4v) is 2.74. The molecule has 4 nitrogen and oxygen atoms in total. The fraction of sp³-hybridized carbons (Fsp3) is 0.538. The van der Waals surface area contributed by atoms with Crippen LogP contribution >= 0.6 is 0 Å². The van der Waals surface area contributed by atoms with Crippen LogP contribution in [0.3, 0.4) is 0 Å². The summed E-state index contributed by atoms with van der Waals surface area (Å²) in [5, 5.41) is 3.49. The molecule has 1 aliphatic carbocycles. The Hall–Kier alpha value is -0.910. The van der Waals surface area contributed by atoms with Crippen LogP contribution in [0.5, 0.6) is 0 Å². The quantitative estimate of drug-likeness (QED) is 0.885. The van der Waals surface area contributed by atoms with E-state index >= 15 is 0 Å². The zero-order chi connectivity index (χ0) is 13.3. The van der Waals surface area contributed by atoms with Crippen molar-refractivity contribution >= 4 is 10.0 Å². The molecule has 0 heterocycles. The highest BCUT2D eigenvalue weighted by atomic mass is 32.2. The summed E-state index contributed by atoms with van der Waals surface area (Å²) in [4.78, 5) is 0.342. The molecule has 1 saturated carbocycles. The lowest BCUT2D eigenvalue weighted by Crippen LogP contribution is -2.23. The molecule has 1 aromatic carbocycles. The Morgan fingerprint density at radius 3 is 2.22 bits per heavy atom. The van der Waals surface area contributed by atoms with Crippen LogP contribution in [-0.4, -0.2) is 32.9 Å². The van der Waals surface area contributed by atoms with Crippen LogP contribution < -0.4 is 5.32 Å². The van der Waals surface area contributed by atoms with Gasteiger partial charge in [-0.05, 0) is 37.5 Å². The average Bonchev–Trinajstić information content (AvgIpc) is 3.13. The number of hydrogen-bond acceptors (Lipinski definition) is 3. The van der Waals surface area contributed by atoms with Crippen molar-refractivity contribution in [3.63, 3.8) is 0 Å². The van der Waals surface area contributed by atoms with Crippen molar-refractivity contribution < 1.29 is 8.42 Å². The molecule has 0 radical (unpaired) electrons. The molecular weight excluding hydrogens is 248 g/mol. The highest BCUT2D eigenvalue weighted by molar-refractivity contribution is 7.89. The van der Waals surface area contributed by atoms with Gasteiger partial charge in [0.1, 0.15) is 0 Å².